The molecular weight excluding hydrogens is 366 g/mol. The number of carbonyl (C=O) groups excluding carboxylic acids is 3. The number of carbonyl (C=O) groups is 4. The van der Waals surface area contributed by atoms with E-state index < -0.39 is 29.2 Å². The van der Waals surface area contributed by atoms with Gasteiger partial charge in [-0.05, 0) is 12.1 Å². The maximum absolute atomic E-state index is 12.4. The van der Waals surface area contributed by atoms with Crippen LogP contribution in [0.2, 0.25) is 0 Å². The molecule has 3 heterocycles. The van der Waals surface area contributed by atoms with Crippen LogP contribution in [0.15, 0.2) is 39.2 Å². The molecule has 1 aromatic heterocycles. The highest BCUT2D eigenvalue weighted by Crippen LogP contribution is 2.39. The Kier molecular flexibility index (Phi) is 4.80. The molecule has 1 fully saturated rings. The number of amides is 2. The van der Waals surface area contributed by atoms with Crippen LogP contribution in [0.5, 0.6) is 0 Å². The molecular formula is C15H13N3O7S. The van der Waals surface area contributed by atoms with E-state index >= 15 is 0 Å². The van der Waals surface area contributed by atoms with Crippen LogP contribution < -0.4 is 5.32 Å². The molecule has 2 N–H and O–H groups in total. The Bertz CT molecular complexity index is 830. The van der Waals surface area contributed by atoms with Gasteiger partial charge in [0.1, 0.15) is 30.5 Å². The molecule has 3 rings (SSSR count). The third-order valence-electron chi connectivity index (χ3n) is 3.78. The Hall–Kier alpha value is -3.08. The number of furan rings is 1. The number of carboxylic acid groups (broad SMARTS) is 1. The fourth-order valence-corrected chi connectivity index (χ4v) is 3.94. The number of rotatable bonds is 6. The first kappa shape index (κ1) is 17.7. The fourth-order valence-electron chi connectivity index (χ4n) is 2.65. The van der Waals surface area contributed by atoms with Crippen LogP contribution >= 0.6 is 11.8 Å². The molecule has 0 saturated carbocycles. The predicted molar refractivity (Wildman–Crippen MR) is 88.0 cm³/mol. The quantitative estimate of drug-likeness (QED) is 0.294. The topological polar surface area (TPSA) is 139 Å². The Morgan fingerprint density at radius 1 is 1.54 bits per heavy atom. The molecule has 136 valence electrons. The van der Waals surface area contributed by atoms with E-state index in [9.17, 15) is 24.3 Å². The lowest BCUT2D eigenvalue weighted by atomic mass is 10.0. The van der Waals surface area contributed by atoms with Crippen LogP contribution in [0.25, 0.3) is 0 Å². The molecule has 0 aliphatic carbocycles. The van der Waals surface area contributed by atoms with Crippen LogP contribution in [0.1, 0.15) is 5.76 Å². The summed E-state index contributed by atoms with van der Waals surface area (Å²) in [4.78, 5) is 52.9. The molecule has 1 saturated heterocycles. The number of fused-ring (bicyclic) bond motifs is 1. The lowest BCUT2D eigenvalue weighted by molar-refractivity contribution is -0.150. The van der Waals surface area contributed by atoms with Crippen molar-refractivity contribution in [3.63, 3.8) is 0 Å². The van der Waals surface area contributed by atoms with Crippen molar-refractivity contribution < 1.29 is 33.5 Å². The molecule has 0 radical (unpaired) electrons. The van der Waals surface area contributed by atoms with Crippen LogP contribution in [0, 0.1) is 0 Å². The smallest absolute Gasteiger partial charge is 0.353 e. The summed E-state index contributed by atoms with van der Waals surface area (Å²) in [6.07, 6.45) is 1.78. The van der Waals surface area contributed by atoms with E-state index in [4.69, 9.17) is 4.42 Å². The molecule has 2 aliphatic heterocycles. The largest absolute Gasteiger partial charge is 0.477 e. The third kappa shape index (κ3) is 2.86. The third-order valence-corrected chi connectivity index (χ3v) is 5.08. The van der Waals surface area contributed by atoms with E-state index in [-0.39, 0.29) is 28.5 Å². The van der Waals surface area contributed by atoms with Crippen molar-refractivity contribution in [3.05, 3.63) is 35.4 Å². The van der Waals surface area contributed by atoms with Gasteiger partial charge >= 0.3 is 5.97 Å². The number of hydrogen-bond acceptors (Lipinski definition) is 8. The van der Waals surface area contributed by atoms with Crippen molar-refractivity contribution >= 4 is 41.5 Å². The Balaban J connectivity index is 1.79. The number of carboxylic acids is 1. The first-order valence-corrected chi connectivity index (χ1v) is 8.36. The number of β-lactam (4-membered cyclic amide) rings is 1. The van der Waals surface area contributed by atoms with E-state index in [1.165, 1.54) is 31.2 Å². The summed E-state index contributed by atoms with van der Waals surface area (Å²) in [6.45, 7) is 0. The van der Waals surface area contributed by atoms with Crippen molar-refractivity contribution in [2.45, 2.75) is 11.4 Å². The van der Waals surface area contributed by atoms with E-state index in [0.717, 1.165) is 4.90 Å². The van der Waals surface area contributed by atoms with Crippen LogP contribution in [0.4, 0.5) is 0 Å². The summed E-state index contributed by atoms with van der Waals surface area (Å²) in [6, 6.07) is 2.11. The lowest BCUT2D eigenvalue weighted by Gasteiger charge is -2.48. The molecule has 0 unspecified atom stereocenters. The molecule has 0 spiro atoms. The van der Waals surface area contributed by atoms with E-state index in [1.807, 2.05) is 0 Å². The molecule has 10 nitrogen and oxygen atoms in total. The molecule has 0 bridgehead atoms. The Labute approximate surface area is 150 Å². The number of nitrogens with one attached hydrogen (secondary N) is 1. The first-order chi connectivity index (χ1) is 12.5. The summed E-state index contributed by atoms with van der Waals surface area (Å²) in [5, 5.41) is 14.8. The molecule has 2 atom stereocenters. The highest BCUT2D eigenvalue weighted by molar-refractivity contribution is 8.00. The number of aldehydes is 1. The van der Waals surface area contributed by atoms with Gasteiger partial charge in [0.15, 0.2) is 5.76 Å². The van der Waals surface area contributed by atoms with Gasteiger partial charge in [0.05, 0.1) is 6.26 Å². The van der Waals surface area contributed by atoms with Gasteiger partial charge in [-0.25, -0.2) is 4.79 Å². The highest BCUT2D eigenvalue weighted by atomic mass is 32.2. The fraction of sp³-hybridized carbons (Fsp3) is 0.267. The van der Waals surface area contributed by atoms with Gasteiger partial charge in [-0.2, -0.15) is 0 Å². The van der Waals surface area contributed by atoms with Gasteiger partial charge in [-0.3, -0.25) is 19.3 Å². The average Bonchev–Trinajstić information content (AvgIpc) is 3.16. The van der Waals surface area contributed by atoms with Gasteiger partial charge in [-0.1, -0.05) is 5.16 Å². The van der Waals surface area contributed by atoms with Gasteiger partial charge in [0.25, 0.3) is 11.8 Å². The molecule has 26 heavy (non-hydrogen) atoms. The van der Waals surface area contributed by atoms with Crippen molar-refractivity contribution in [1.82, 2.24) is 10.2 Å². The van der Waals surface area contributed by atoms with Crippen molar-refractivity contribution in [2.75, 3.05) is 12.9 Å². The summed E-state index contributed by atoms with van der Waals surface area (Å²) >= 11 is 1.19. The van der Waals surface area contributed by atoms with E-state index in [1.54, 1.807) is 6.07 Å². The molecule has 2 amide bonds. The SMILES string of the molecule is CO/N=C(\C(=O)N[C@@H]1C(=O)N2C(C(=O)O)=C(C=O)CS[C@H]12)c1ccco1. The van der Waals surface area contributed by atoms with E-state index in [2.05, 4.69) is 15.3 Å². The minimum Gasteiger partial charge on any atom is -0.477 e. The summed E-state index contributed by atoms with van der Waals surface area (Å²) in [7, 11) is 1.26. The maximum atomic E-state index is 12.4. The number of thioether (sulfide) groups is 1. The van der Waals surface area contributed by atoms with Gasteiger partial charge < -0.3 is 19.7 Å². The monoisotopic (exact) mass is 379 g/mol. The van der Waals surface area contributed by atoms with Gasteiger partial charge in [0, 0.05) is 11.3 Å². The minimum absolute atomic E-state index is 0.0223. The Morgan fingerprint density at radius 2 is 2.31 bits per heavy atom. The molecule has 11 heteroatoms. The number of nitrogens with zero attached hydrogens (tertiary/aromatic N) is 2. The maximum Gasteiger partial charge on any atom is 0.353 e. The first-order valence-electron chi connectivity index (χ1n) is 7.31. The van der Waals surface area contributed by atoms with Gasteiger partial charge in [-0.15, -0.1) is 11.8 Å². The summed E-state index contributed by atoms with van der Waals surface area (Å²) in [5.41, 5.74) is -0.489. The second-order valence-electron chi connectivity index (χ2n) is 5.26. The zero-order valence-electron chi connectivity index (χ0n) is 13.4. The van der Waals surface area contributed by atoms with Crippen molar-refractivity contribution in [1.29, 1.82) is 0 Å². The van der Waals surface area contributed by atoms with Crippen LogP contribution in [-0.4, -0.2) is 64.1 Å². The average molecular weight is 379 g/mol. The summed E-state index contributed by atoms with van der Waals surface area (Å²) in [5.74, 6) is -2.42. The second kappa shape index (κ2) is 7.04. The second-order valence-corrected chi connectivity index (χ2v) is 6.36. The molecule has 0 aromatic carbocycles. The standard InChI is InChI=1S/C15H13N3O7S/c1-24-17-9(8-3-2-4-25-8)12(20)16-10-13(21)18-11(15(22)23)7(5-19)6-26-14(10)18/h2-5,10,14H,6H2,1H3,(H,16,20)(H,22,23)/b17-9-/t10-,14-/m1/s1. The number of hydrogen-bond donors (Lipinski definition) is 2. The number of aliphatic carboxylic acids is 1. The zero-order valence-corrected chi connectivity index (χ0v) is 14.2. The highest BCUT2D eigenvalue weighted by Gasteiger charge is 2.54. The van der Waals surface area contributed by atoms with Crippen LogP contribution in [-0.2, 0) is 24.0 Å². The van der Waals surface area contributed by atoms with Crippen molar-refractivity contribution in [3.8, 4) is 0 Å². The normalized spacial score (nSPS) is 22.4. The van der Waals surface area contributed by atoms with E-state index in [0.29, 0.717) is 6.29 Å². The minimum atomic E-state index is -1.37. The van der Waals surface area contributed by atoms with Crippen LogP contribution in [0.3, 0.4) is 0 Å². The zero-order chi connectivity index (χ0) is 18.8. The molecule has 2 aliphatic rings. The lowest BCUT2D eigenvalue weighted by Crippen LogP contribution is -2.71. The van der Waals surface area contributed by atoms with Gasteiger partial charge in [0.2, 0.25) is 5.71 Å². The molecule has 1 aromatic rings. The Morgan fingerprint density at radius 3 is 2.88 bits per heavy atom. The van der Waals surface area contributed by atoms with Crippen molar-refractivity contribution in [2.24, 2.45) is 5.16 Å². The summed E-state index contributed by atoms with van der Waals surface area (Å²) < 4.78 is 5.12. The number of oxime groups is 1. The predicted octanol–water partition coefficient (Wildman–Crippen LogP) is -0.432.